The maximum atomic E-state index is 9.28. The van der Waals surface area contributed by atoms with Crippen molar-refractivity contribution in [3.05, 3.63) is 23.8 Å². The Balaban J connectivity index is 3.15. The highest BCUT2D eigenvalue weighted by atomic mass is 16.3. The summed E-state index contributed by atoms with van der Waals surface area (Å²) in [7, 11) is 0. The zero-order chi connectivity index (χ0) is 10.0. The standard InChI is InChI=1S/C8H10N2O3/c9-8(10)7(13)4-2-1-3-5(11)6(4)12/h1-3,7,11-13H,(H3,9,10). The molecule has 0 aliphatic rings. The van der Waals surface area contributed by atoms with E-state index in [9.17, 15) is 10.2 Å². The molecule has 0 radical (unpaired) electrons. The molecule has 6 N–H and O–H groups in total. The summed E-state index contributed by atoms with van der Waals surface area (Å²) in [6.45, 7) is 0. The quantitative estimate of drug-likeness (QED) is 0.253. The van der Waals surface area contributed by atoms with Crippen LogP contribution in [-0.4, -0.2) is 21.2 Å². The van der Waals surface area contributed by atoms with Crippen LogP contribution in [0.3, 0.4) is 0 Å². The Hall–Kier alpha value is -1.75. The minimum Gasteiger partial charge on any atom is -0.504 e. The van der Waals surface area contributed by atoms with Crippen molar-refractivity contribution < 1.29 is 15.3 Å². The van der Waals surface area contributed by atoms with Crippen molar-refractivity contribution in [3.63, 3.8) is 0 Å². The first-order valence-electron chi connectivity index (χ1n) is 3.57. The van der Waals surface area contributed by atoms with Gasteiger partial charge in [-0.2, -0.15) is 0 Å². The van der Waals surface area contributed by atoms with Crippen LogP contribution >= 0.6 is 0 Å². The van der Waals surface area contributed by atoms with Crippen molar-refractivity contribution in [1.29, 1.82) is 5.41 Å². The van der Waals surface area contributed by atoms with Gasteiger partial charge in [-0.1, -0.05) is 12.1 Å². The highest BCUT2D eigenvalue weighted by Crippen LogP contribution is 2.32. The third-order valence-corrected chi connectivity index (χ3v) is 1.64. The van der Waals surface area contributed by atoms with Gasteiger partial charge in [-0.15, -0.1) is 0 Å². The molecule has 0 fully saturated rings. The number of phenolic OH excluding ortho intramolecular Hbond substituents is 2. The normalized spacial score (nSPS) is 12.4. The fourth-order valence-corrected chi connectivity index (χ4v) is 0.937. The molecular weight excluding hydrogens is 172 g/mol. The summed E-state index contributed by atoms with van der Waals surface area (Å²) >= 11 is 0. The number of aliphatic hydroxyl groups excluding tert-OH is 1. The first kappa shape index (κ1) is 9.34. The Bertz CT molecular complexity index is 338. The molecule has 0 saturated carbocycles. The van der Waals surface area contributed by atoms with E-state index in [0.29, 0.717) is 0 Å². The van der Waals surface area contributed by atoms with Gasteiger partial charge in [0.05, 0.1) is 0 Å². The number of amidine groups is 1. The maximum absolute atomic E-state index is 9.28. The Morgan fingerprint density at radius 1 is 1.38 bits per heavy atom. The molecule has 0 saturated heterocycles. The molecule has 0 aromatic heterocycles. The molecule has 1 unspecified atom stereocenters. The van der Waals surface area contributed by atoms with Crippen molar-refractivity contribution in [1.82, 2.24) is 0 Å². The van der Waals surface area contributed by atoms with Crippen LogP contribution in [0.5, 0.6) is 11.5 Å². The van der Waals surface area contributed by atoms with Crippen LogP contribution in [0, 0.1) is 5.41 Å². The summed E-state index contributed by atoms with van der Waals surface area (Å²) in [5.74, 6) is -1.29. The van der Waals surface area contributed by atoms with Crippen molar-refractivity contribution in [2.24, 2.45) is 5.73 Å². The van der Waals surface area contributed by atoms with Crippen molar-refractivity contribution in [2.45, 2.75) is 6.10 Å². The second-order valence-corrected chi connectivity index (χ2v) is 2.57. The van der Waals surface area contributed by atoms with Gasteiger partial charge in [0.1, 0.15) is 11.9 Å². The van der Waals surface area contributed by atoms with Crippen LogP contribution in [0.2, 0.25) is 0 Å². The van der Waals surface area contributed by atoms with E-state index in [1.165, 1.54) is 18.2 Å². The lowest BCUT2D eigenvalue weighted by molar-refractivity contribution is 0.238. The summed E-state index contributed by atoms with van der Waals surface area (Å²) in [5, 5.41) is 34.5. The molecule has 0 aliphatic heterocycles. The molecule has 13 heavy (non-hydrogen) atoms. The Labute approximate surface area is 74.6 Å². The van der Waals surface area contributed by atoms with E-state index in [4.69, 9.17) is 16.2 Å². The topological polar surface area (TPSA) is 111 Å². The Morgan fingerprint density at radius 2 is 2.00 bits per heavy atom. The monoisotopic (exact) mass is 182 g/mol. The SMILES string of the molecule is N=C(N)C(O)c1cccc(O)c1O. The van der Waals surface area contributed by atoms with Gasteiger partial charge in [0.15, 0.2) is 11.5 Å². The van der Waals surface area contributed by atoms with Crippen LogP contribution in [0.15, 0.2) is 18.2 Å². The summed E-state index contributed by atoms with van der Waals surface area (Å²) in [4.78, 5) is 0. The molecular formula is C8H10N2O3. The van der Waals surface area contributed by atoms with Gasteiger partial charge in [-0.3, -0.25) is 5.41 Å². The molecule has 0 bridgehead atoms. The van der Waals surface area contributed by atoms with Crippen LogP contribution in [-0.2, 0) is 0 Å². The predicted molar refractivity (Wildman–Crippen MR) is 46.6 cm³/mol. The lowest BCUT2D eigenvalue weighted by Crippen LogP contribution is -2.20. The molecule has 1 aromatic carbocycles. The van der Waals surface area contributed by atoms with Gasteiger partial charge in [0.25, 0.3) is 0 Å². The largest absolute Gasteiger partial charge is 0.504 e. The van der Waals surface area contributed by atoms with E-state index >= 15 is 0 Å². The molecule has 70 valence electrons. The van der Waals surface area contributed by atoms with Gasteiger partial charge in [-0.05, 0) is 6.07 Å². The number of hydrogen-bond acceptors (Lipinski definition) is 4. The van der Waals surface area contributed by atoms with Gasteiger partial charge >= 0.3 is 0 Å². The molecule has 1 aromatic rings. The van der Waals surface area contributed by atoms with E-state index in [0.717, 1.165) is 0 Å². The summed E-state index contributed by atoms with van der Waals surface area (Å²) in [6.07, 6.45) is -1.38. The number of nitrogens with one attached hydrogen (secondary N) is 1. The fourth-order valence-electron chi connectivity index (χ4n) is 0.937. The number of aromatic hydroxyl groups is 2. The van der Waals surface area contributed by atoms with Gasteiger partial charge in [0.2, 0.25) is 0 Å². The minimum absolute atomic E-state index is 0.0208. The Kier molecular flexibility index (Phi) is 2.39. The maximum Gasteiger partial charge on any atom is 0.163 e. The highest BCUT2D eigenvalue weighted by molar-refractivity contribution is 5.83. The van der Waals surface area contributed by atoms with Crippen molar-refractivity contribution in [3.8, 4) is 11.5 Å². The second-order valence-electron chi connectivity index (χ2n) is 2.57. The number of nitrogens with two attached hydrogens (primary N) is 1. The Morgan fingerprint density at radius 3 is 2.54 bits per heavy atom. The molecule has 5 nitrogen and oxygen atoms in total. The average Bonchev–Trinajstić information content (AvgIpc) is 2.08. The van der Waals surface area contributed by atoms with Crippen molar-refractivity contribution >= 4 is 5.84 Å². The fraction of sp³-hybridized carbons (Fsp3) is 0.125. The molecule has 1 atom stereocenters. The first-order valence-corrected chi connectivity index (χ1v) is 3.57. The summed E-state index contributed by atoms with van der Waals surface area (Å²) < 4.78 is 0. The predicted octanol–water partition coefficient (Wildman–Crippen LogP) is 0.0672. The third-order valence-electron chi connectivity index (χ3n) is 1.64. The van der Waals surface area contributed by atoms with E-state index in [1.54, 1.807) is 0 Å². The molecule has 1 rings (SSSR count). The summed E-state index contributed by atoms with van der Waals surface area (Å²) in [5.41, 5.74) is 5.05. The number of aliphatic hydroxyl groups is 1. The zero-order valence-corrected chi connectivity index (χ0v) is 6.73. The van der Waals surface area contributed by atoms with E-state index in [2.05, 4.69) is 0 Å². The minimum atomic E-state index is -1.38. The lowest BCUT2D eigenvalue weighted by Gasteiger charge is -2.11. The van der Waals surface area contributed by atoms with E-state index < -0.39 is 17.7 Å². The second kappa shape index (κ2) is 3.32. The number of benzene rings is 1. The number of hydrogen-bond donors (Lipinski definition) is 5. The molecule has 5 heteroatoms. The molecule has 0 spiro atoms. The van der Waals surface area contributed by atoms with Crippen molar-refractivity contribution in [2.75, 3.05) is 0 Å². The number of phenols is 2. The van der Waals surface area contributed by atoms with E-state index in [-0.39, 0.29) is 11.3 Å². The van der Waals surface area contributed by atoms with Crippen LogP contribution in [0.1, 0.15) is 11.7 Å². The van der Waals surface area contributed by atoms with Crippen LogP contribution < -0.4 is 5.73 Å². The lowest BCUT2D eigenvalue weighted by atomic mass is 10.1. The smallest absolute Gasteiger partial charge is 0.163 e. The number of para-hydroxylation sites is 1. The first-order chi connectivity index (χ1) is 6.04. The third kappa shape index (κ3) is 1.70. The molecule has 0 amide bonds. The van der Waals surface area contributed by atoms with Crippen LogP contribution in [0.25, 0.3) is 0 Å². The van der Waals surface area contributed by atoms with E-state index in [1.807, 2.05) is 0 Å². The highest BCUT2D eigenvalue weighted by Gasteiger charge is 2.16. The van der Waals surface area contributed by atoms with Gasteiger partial charge in [0, 0.05) is 5.56 Å². The average molecular weight is 182 g/mol. The zero-order valence-electron chi connectivity index (χ0n) is 6.73. The number of rotatable bonds is 2. The molecule has 0 heterocycles. The van der Waals surface area contributed by atoms with Gasteiger partial charge < -0.3 is 21.1 Å². The van der Waals surface area contributed by atoms with Gasteiger partial charge in [-0.25, -0.2) is 0 Å². The molecule has 0 aliphatic carbocycles. The van der Waals surface area contributed by atoms with Crippen LogP contribution in [0.4, 0.5) is 0 Å². The summed E-state index contributed by atoms with van der Waals surface area (Å²) in [6, 6.07) is 4.09.